The molecule has 2 N–H and O–H groups in total. The van der Waals surface area contributed by atoms with Gasteiger partial charge >= 0.3 is 0 Å². The molecule has 0 saturated carbocycles. The van der Waals surface area contributed by atoms with Crippen molar-refractivity contribution < 1.29 is 18.6 Å². The smallest absolute Gasteiger partial charge is 0.191 e. The van der Waals surface area contributed by atoms with E-state index in [2.05, 4.69) is 26.6 Å². The maximum absolute atomic E-state index is 6.05. The largest absolute Gasteiger partial charge is 0.492 e. The first kappa shape index (κ1) is 23.1. The molecule has 0 aliphatic carbocycles. The normalized spacial score (nSPS) is 15.1. The van der Waals surface area contributed by atoms with Crippen LogP contribution in [0, 0.1) is 0 Å². The number of benzene rings is 1. The Labute approximate surface area is 184 Å². The quantitative estimate of drug-likeness (QED) is 0.304. The summed E-state index contributed by atoms with van der Waals surface area (Å²) in [6.45, 7) is 7.72. The Morgan fingerprint density at radius 1 is 1.10 bits per heavy atom. The Hall–Kier alpha value is -2.55. The van der Waals surface area contributed by atoms with Crippen molar-refractivity contribution in [2.75, 3.05) is 59.7 Å². The van der Waals surface area contributed by atoms with Crippen molar-refractivity contribution in [3.05, 3.63) is 54.0 Å². The van der Waals surface area contributed by atoms with Crippen LogP contribution in [0.5, 0.6) is 5.75 Å². The first-order chi connectivity index (χ1) is 15.3. The molecule has 3 rings (SSSR count). The summed E-state index contributed by atoms with van der Waals surface area (Å²) in [7, 11) is 1.77. The number of nitrogens with zero attached hydrogens (tertiary/aromatic N) is 2. The van der Waals surface area contributed by atoms with Crippen LogP contribution in [0.3, 0.4) is 0 Å². The van der Waals surface area contributed by atoms with Crippen molar-refractivity contribution in [3.63, 3.8) is 0 Å². The van der Waals surface area contributed by atoms with E-state index in [1.54, 1.807) is 13.3 Å². The number of furan rings is 1. The van der Waals surface area contributed by atoms with Crippen molar-refractivity contribution in [1.29, 1.82) is 0 Å². The Balaban J connectivity index is 1.32. The number of aliphatic imine (C=N–C) groups is 1. The Morgan fingerprint density at radius 2 is 1.97 bits per heavy atom. The highest BCUT2D eigenvalue weighted by atomic mass is 16.5. The van der Waals surface area contributed by atoms with Crippen LogP contribution in [0.1, 0.15) is 17.7 Å². The summed E-state index contributed by atoms with van der Waals surface area (Å²) in [6, 6.07) is 11.9. The Morgan fingerprint density at radius 3 is 2.77 bits per heavy atom. The molecule has 1 fully saturated rings. The molecular weight excluding hydrogens is 396 g/mol. The highest BCUT2D eigenvalue weighted by Crippen LogP contribution is 2.17. The van der Waals surface area contributed by atoms with Gasteiger partial charge in [0.25, 0.3) is 0 Å². The molecular formula is C23H34N4O4. The minimum Gasteiger partial charge on any atom is -0.492 e. The van der Waals surface area contributed by atoms with E-state index in [1.165, 1.54) is 0 Å². The van der Waals surface area contributed by atoms with E-state index in [0.29, 0.717) is 26.4 Å². The van der Waals surface area contributed by atoms with Crippen molar-refractivity contribution in [1.82, 2.24) is 15.5 Å². The van der Waals surface area contributed by atoms with Crippen LogP contribution in [0.25, 0.3) is 0 Å². The standard InChI is InChI=1S/C23H34N4O4/c1-24-23(25-9-5-13-29-19-21-7-4-14-30-21)26-18-20-6-2-3-8-22(20)31-17-12-27-10-15-28-16-11-27/h2-4,6-8,14H,5,9-13,15-19H2,1H3,(H2,24,25,26). The Kier molecular flexibility index (Phi) is 10.2. The number of nitrogens with one attached hydrogen (secondary N) is 2. The number of para-hydroxylation sites is 1. The first-order valence-electron chi connectivity index (χ1n) is 10.9. The van der Waals surface area contributed by atoms with Gasteiger partial charge in [0.2, 0.25) is 0 Å². The van der Waals surface area contributed by atoms with Crippen molar-refractivity contribution in [2.45, 2.75) is 19.6 Å². The zero-order chi connectivity index (χ0) is 21.6. The summed E-state index contributed by atoms with van der Waals surface area (Å²) in [5.41, 5.74) is 1.11. The summed E-state index contributed by atoms with van der Waals surface area (Å²) in [6.07, 6.45) is 2.53. The van der Waals surface area contributed by atoms with Gasteiger partial charge in [-0.2, -0.15) is 0 Å². The molecule has 31 heavy (non-hydrogen) atoms. The maximum atomic E-state index is 6.05. The van der Waals surface area contributed by atoms with E-state index in [9.17, 15) is 0 Å². The monoisotopic (exact) mass is 430 g/mol. The lowest BCUT2D eigenvalue weighted by Gasteiger charge is -2.26. The zero-order valence-electron chi connectivity index (χ0n) is 18.3. The molecule has 0 unspecified atom stereocenters. The van der Waals surface area contributed by atoms with Crippen LogP contribution in [0.15, 0.2) is 52.1 Å². The van der Waals surface area contributed by atoms with E-state index in [-0.39, 0.29) is 0 Å². The Bertz CT molecular complexity index is 761. The molecule has 1 saturated heterocycles. The van der Waals surface area contributed by atoms with Gasteiger partial charge in [-0.25, -0.2) is 0 Å². The maximum Gasteiger partial charge on any atom is 0.191 e. The lowest BCUT2D eigenvalue weighted by atomic mass is 10.2. The predicted molar refractivity (Wildman–Crippen MR) is 120 cm³/mol. The van der Waals surface area contributed by atoms with Gasteiger partial charge in [-0.1, -0.05) is 18.2 Å². The van der Waals surface area contributed by atoms with Crippen molar-refractivity contribution in [3.8, 4) is 5.75 Å². The van der Waals surface area contributed by atoms with Gasteiger partial charge in [0.15, 0.2) is 5.96 Å². The van der Waals surface area contributed by atoms with Gasteiger partial charge in [-0.05, 0) is 24.6 Å². The SMILES string of the molecule is CN=C(NCCCOCc1ccco1)NCc1ccccc1OCCN1CCOCC1. The van der Waals surface area contributed by atoms with Crippen molar-refractivity contribution in [2.24, 2.45) is 4.99 Å². The molecule has 0 spiro atoms. The third-order valence-electron chi connectivity index (χ3n) is 4.99. The van der Waals surface area contributed by atoms with E-state index in [4.69, 9.17) is 18.6 Å². The van der Waals surface area contributed by atoms with Gasteiger partial charge in [0.05, 0.1) is 19.5 Å². The van der Waals surface area contributed by atoms with E-state index >= 15 is 0 Å². The number of rotatable bonds is 12. The molecule has 2 heterocycles. The lowest BCUT2D eigenvalue weighted by molar-refractivity contribution is 0.0322. The number of guanidine groups is 1. The van der Waals surface area contributed by atoms with Gasteiger partial charge in [0, 0.05) is 51.9 Å². The second-order valence-electron chi connectivity index (χ2n) is 7.25. The number of hydrogen-bond donors (Lipinski definition) is 2. The molecule has 8 heteroatoms. The van der Waals surface area contributed by atoms with Gasteiger partial charge in [-0.15, -0.1) is 0 Å². The number of hydrogen-bond acceptors (Lipinski definition) is 6. The third-order valence-corrected chi connectivity index (χ3v) is 4.99. The van der Waals surface area contributed by atoms with Crippen LogP contribution < -0.4 is 15.4 Å². The second-order valence-corrected chi connectivity index (χ2v) is 7.25. The molecule has 1 aromatic heterocycles. The molecule has 0 bridgehead atoms. The van der Waals surface area contributed by atoms with Gasteiger partial charge in [0.1, 0.15) is 24.7 Å². The molecule has 0 atom stereocenters. The van der Waals surface area contributed by atoms with Gasteiger partial charge in [-0.3, -0.25) is 9.89 Å². The zero-order valence-corrected chi connectivity index (χ0v) is 18.3. The van der Waals surface area contributed by atoms with Gasteiger partial charge < -0.3 is 29.3 Å². The average molecular weight is 431 g/mol. The average Bonchev–Trinajstić information content (AvgIpc) is 3.33. The second kappa shape index (κ2) is 13.7. The fraction of sp³-hybridized carbons (Fsp3) is 0.522. The summed E-state index contributed by atoms with van der Waals surface area (Å²) in [5, 5.41) is 6.67. The van der Waals surface area contributed by atoms with E-state index < -0.39 is 0 Å². The summed E-state index contributed by atoms with van der Waals surface area (Å²) in [4.78, 5) is 6.66. The number of ether oxygens (including phenoxy) is 3. The molecule has 1 aliphatic rings. The summed E-state index contributed by atoms with van der Waals surface area (Å²) < 4.78 is 22.3. The van der Waals surface area contributed by atoms with Crippen molar-refractivity contribution >= 4 is 5.96 Å². The van der Waals surface area contributed by atoms with E-state index in [0.717, 1.165) is 68.8 Å². The van der Waals surface area contributed by atoms with Crippen LogP contribution in [0.4, 0.5) is 0 Å². The van der Waals surface area contributed by atoms with Crippen LogP contribution in [-0.4, -0.2) is 70.5 Å². The molecule has 1 aliphatic heterocycles. The number of morpholine rings is 1. The lowest BCUT2D eigenvalue weighted by Crippen LogP contribution is -2.39. The van der Waals surface area contributed by atoms with Crippen LogP contribution >= 0.6 is 0 Å². The molecule has 2 aromatic rings. The predicted octanol–water partition coefficient (Wildman–Crippen LogP) is 2.26. The topological polar surface area (TPSA) is 80.5 Å². The minimum atomic E-state index is 0.502. The fourth-order valence-electron chi connectivity index (χ4n) is 3.25. The van der Waals surface area contributed by atoms with Crippen LogP contribution in [-0.2, 0) is 22.6 Å². The molecule has 0 radical (unpaired) electrons. The third kappa shape index (κ3) is 8.61. The summed E-state index contributed by atoms with van der Waals surface area (Å²) in [5.74, 6) is 2.51. The highest BCUT2D eigenvalue weighted by molar-refractivity contribution is 5.79. The van der Waals surface area contributed by atoms with Crippen LogP contribution in [0.2, 0.25) is 0 Å². The molecule has 0 amide bonds. The minimum absolute atomic E-state index is 0.502. The fourth-order valence-corrected chi connectivity index (χ4v) is 3.25. The van der Waals surface area contributed by atoms with E-state index in [1.807, 2.05) is 30.3 Å². The highest BCUT2D eigenvalue weighted by Gasteiger charge is 2.10. The first-order valence-corrected chi connectivity index (χ1v) is 10.9. The molecule has 8 nitrogen and oxygen atoms in total. The summed E-state index contributed by atoms with van der Waals surface area (Å²) >= 11 is 0. The molecule has 170 valence electrons. The molecule has 1 aromatic carbocycles.